The van der Waals surface area contributed by atoms with Crippen molar-refractivity contribution in [3.63, 3.8) is 0 Å². The van der Waals surface area contributed by atoms with Crippen LogP contribution >= 0.6 is 0 Å². The van der Waals surface area contributed by atoms with Crippen molar-refractivity contribution in [3.05, 3.63) is 60.2 Å². The second kappa shape index (κ2) is 8.40. The molecule has 3 N–H and O–H groups in total. The molecule has 11 heteroatoms. The third-order valence-corrected chi connectivity index (χ3v) is 7.28. The maximum atomic E-state index is 12.7. The number of fused-ring (bicyclic) bond motifs is 1. The molecule has 1 fully saturated rings. The Morgan fingerprint density at radius 3 is 2.82 bits per heavy atom. The average molecular weight is 477 g/mol. The van der Waals surface area contributed by atoms with Crippen LogP contribution in [0.3, 0.4) is 0 Å². The van der Waals surface area contributed by atoms with Crippen molar-refractivity contribution in [1.82, 2.24) is 19.7 Å². The lowest BCUT2D eigenvalue weighted by Gasteiger charge is -2.37. The molecule has 0 atom stereocenters. The Hall–Kier alpha value is -4.01. The first-order valence-electron chi connectivity index (χ1n) is 10.6. The van der Waals surface area contributed by atoms with Crippen molar-refractivity contribution in [2.24, 2.45) is 0 Å². The topological polar surface area (TPSA) is 154 Å². The van der Waals surface area contributed by atoms with E-state index < -0.39 is 10.0 Å². The van der Waals surface area contributed by atoms with E-state index in [0.717, 1.165) is 11.1 Å². The molecule has 0 bridgehead atoms. The molecule has 1 aliphatic rings. The lowest BCUT2D eigenvalue weighted by atomic mass is 9.87. The van der Waals surface area contributed by atoms with Crippen molar-refractivity contribution in [2.45, 2.75) is 36.7 Å². The largest absolute Gasteiger partial charge is 0.444 e. The molecule has 0 radical (unpaired) electrons. The second-order valence-electron chi connectivity index (χ2n) is 8.15. The number of carbonyl (C=O) groups is 1. The molecule has 0 unspecified atom stereocenters. The van der Waals surface area contributed by atoms with Gasteiger partial charge in [-0.15, -0.1) is 0 Å². The molecule has 172 valence electrons. The molecule has 34 heavy (non-hydrogen) atoms. The van der Waals surface area contributed by atoms with Crippen LogP contribution in [0, 0.1) is 11.3 Å². The smallest absolute Gasteiger partial charge is 0.240 e. The van der Waals surface area contributed by atoms with Crippen LogP contribution < -0.4 is 10.0 Å². The summed E-state index contributed by atoms with van der Waals surface area (Å²) in [6.07, 6.45) is 5.84. The van der Waals surface area contributed by atoms with Gasteiger partial charge in [-0.2, -0.15) is 5.26 Å². The van der Waals surface area contributed by atoms with Gasteiger partial charge in [0.05, 0.1) is 27.8 Å². The molecule has 0 aliphatic heterocycles. The number of anilines is 1. The van der Waals surface area contributed by atoms with Gasteiger partial charge >= 0.3 is 0 Å². The van der Waals surface area contributed by atoms with Crippen molar-refractivity contribution < 1.29 is 17.6 Å². The second-order valence-corrected chi connectivity index (χ2v) is 9.87. The predicted molar refractivity (Wildman–Crippen MR) is 124 cm³/mol. The maximum absolute atomic E-state index is 12.7. The highest BCUT2D eigenvalue weighted by Gasteiger charge is 2.34. The standard InChI is InChI=1S/C23H20N6O4S/c1-13(30)20-12-33-23(28-20)19-11-26-22-18(5-6-25-22)21(19)27-15-8-16(9-15)29-34(31,32)17-4-2-3-14(7-17)10-24/h2-7,11-12,15-16,29H,8-9H2,1H3,(H2,25,26,27)/t15-,16+. The van der Waals surface area contributed by atoms with Crippen LogP contribution in [0.2, 0.25) is 0 Å². The van der Waals surface area contributed by atoms with Crippen LogP contribution in [0.25, 0.3) is 22.5 Å². The van der Waals surface area contributed by atoms with E-state index in [-0.39, 0.29) is 39.9 Å². The highest BCUT2D eigenvalue weighted by Crippen LogP contribution is 2.36. The van der Waals surface area contributed by atoms with Crippen LogP contribution in [-0.2, 0) is 10.0 Å². The molecule has 0 spiro atoms. The minimum atomic E-state index is -3.73. The molecule has 1 saturated carbocycles. The summed E-state index contributed by atoms with van der Waals surface area (Å²) in [6, 6.07) is 9.52. The van der Waals surface area contributed by atoms with Crippen molar-refractivity contribution in [3.8, 4) is 17.5 Å². The van der Waals surface area contributed by atoms with E-state index in [9.17, 15) is 13.2 Å². The van der Waals surface area contributed by atoms with Gasteiger partial charge in [0.1, 0.15) is 17.6 Å². The summed E-state index contributed by atoms with van der Waals surface area (Å²) >= 11 is 0. The molecule has 1 aliphatic carbocycles. The minimum absolute atomic E-state index is 0.000340. The van der Waals surface area contributed by atoms with Crippen LogP contribution in [0.5, 0.6) is 0 Å². The molecule has 10 nitrogen and oxygen atoms in total. The van der Waals surface area contributed by atoms with E-state index in [1.54, 1.807) is 24.5 Å². The predicted octanol–water partition coefficient (Wildman–Crippen LogP) is 3.21. The summed E-state index contributed by atoms with van der Waals surface area (Å²) in [6.45, 7) is 1.42. The number of aromatic amines is 1. The van der Waals surface area contributed by atoms with Gasteiger partial charge in [0.2, 0.25) is 15.9 Å². The molecule has 3 heterocycles. The summed E-state index contributed by atoms with van der Waals surface area (Å²) in [7, 11) is -3.73. The Bertz CT molecular complexity index is 1540. The Balaban J connectivity index is 1.33. The minimum Gasteiger partial charge on any atom is -0.444 e. The zero-order chi connectivity index (χ0) is 23.9. The highest BCUT2D eigenvalue weighted by molar-refractivity contribution is 7.89. The van der Waals surface area contributed by atoms with Crippen molar-refractivity contribution in [2.75, 3.05) is 5.32 Å². The fraction of sp³-hybridized carbons (Fsp3) is 0.217. The zero-order valence-corrected chi connectivity index (χ0v) is 18.9. The van der Waals surface area contributed by atoms with Gasteiger partial charge in [-0.1, -0.05) is 6.07 Å². The fourth-order valence-corrected chi connectivity index (χ4v) is 5.25. The first kappa shape index (κ1) is 21.8. The maximum Gasteiger partial charge on any atom is 0.240 e. The molecular weight excluding hydrogens is 456 g/mol. The number of carbonyl (C=O) groups excluding carboxylic acids is 1. The van der Waals surface area contributed by atoms with Crippen LogP contribution in [0.4, 0.5) is 5.69 Å². The number of pyridine rings is 1. The van der Waals surface area contributed by atoms with E-state index in [1.807, 2.05) is 12.1 Å². The van der Waals surface area contributed by atoms with Gasteiger partial charge in [0.15, 0.2) is 5.78 Å². The van der Waals surface area contributed by atoms with E-state index in [0.29, 0.717) is 24.1 Å². The summed E-state index contributed by atoms with van der Waals surface area (Å²) in [5, 5.41) is 13.3. The number of H-pyrrole nitrogens is 1. The number of nitriles is 1. The Morgan fingerprint density at radius 2 is 2.09 bits per heavy atom. The number of sulfonamides is 1. The number of rotatable bonds is 7. The SMILES string of the molecule is CC(=O)c1coc(-c2cnc3[nH]ccc3c2N[C@H]2C[C@@H](NS(=O)(=O)c3cccc(C#N)c3)C2)n1. The van der Waals surface area contributed by atoms with Gasteiger partial charge in [-0.05, 0) is 37.1 Å². The first-order valence-corrected chi connectivity index (χ1v) is 12.0. The van der Waals surface area contributed by atoms with E-state index in [1.165, 1.54) is 25.3 Å². The lowest BCUT2D eigenvalue weighted by molar-refractivity contribution is 0.101. The van der Waals surface area contributed by atoms with Gasteiger partial charge < -0.3 is 14.7 Å². The van der Waals surface area contributed by atoms with E-state index in [4.69, 9.17) is 9.68 Å². The van der Waals surface area contributed by atoms with E-state index >= 15 is 0 Å². The third kappa shape index (κ3) is 4.05. The third-order valence-electron chi connectivity index (χ3n) is 5.76. The van der Waals surface area contributed by atoms with Crippen LogP contribution in [0.15, 0.2) is 58.3 Å². The number of nitrogens with zero attached hydrogens (tertiary/aromatic N) is 3. The fourth-order valence-electron chi connectivity index (χ4n) is 3.94. The number of oxazole rings is 1. The monoisotopic (exact) mass is 476 g/mol. The number of Topliss-reactive ketones (excluding diaryl/α,β-unsaturated/α-hetero) is 1. The molecular formula is C23H20N6O4S. The molecule has 5 rings (SSSR count). The Labute approximate surface area is 195 Å². The summed E-state index contributed by atoms with van der Waals surface area (Å²) in [5.41, 5.74) is 2.55. The van der Waals surface area contributed by atoms with Crippen LogP contribution in [0.1, 0.15) is 35.8 Å². The lowest BCUT2D eigenvalue weighted by Crippen LogP contribution is -2.49. The number of benzene rings is 1. The quantitative estimate of drug-likeness (QED) is 0.344. The van der Waals surface area contributed by atoms with Crippen molar-refractivity contribution >= 4 is 32.5 Å². The molecule has 0 saturated heterocycles. The average Bonchev–Trinajstić information content (AvgIpc) is 3.47. The first-order chi connectivity index (χ1) is 16.3. The van der Waals surface area contributed by atoms with Crippen molar-refractivity contribution in [1.29, 1.82) is 5.26 Å². The zero-order valence-electron chi connectivity index (χ0n) is 18.1. The van der Waals surface area contributed by atoms with Gasteiger partial charge in [-0.25, -0.2) is 23.1 Å². The number of nitrogens with one attached hydrogen (secondary N) is 3. The summed E-state index contributed by atoms with van der Waals surface area (Å²) in [4.78, 5) is 23.4. The summed E-state index contributed by atoms with van der Waals surface area (Å²) < 4.78 is 33.6. The number of hydrogen-bond donors (Lipinski definition) is 3. The normalized spacial score (nSPS) is 17.8. The summed E-state index contributed by atoms with van der Waals surface area (Å²) in [5.74, 6) is 0.0758. The molecule has 0 amide bonds. The number of hydrogen-bond acceptors (Lipinski definition) is 8. The molecule has 3 aromatic heterocycles. The van der Waals surface area contributed by atoms with Gasteiger partial charge in [-0.3, -0.25) is 4.79 Å². The Kier molecular flexibility index (Phi) is 5.39. The van der Waals surface area contributed by atoms with Crippen LogP contribution in [-0.4, -0.2) is 41.2 Å². The van der Waals surface area contributed by atoms with Gasteiger partial charge in [0, 0.05) is 36.8 Å². The van der Waals surface area contributed by atoms with E-state index in [2.05, 4.69) is 25.0 Å². The Morgan fingerprint density at radius 1 is 1.26 bits per heavy atom. The number of aromatic nitrogens is 3. The highest BCUT2D eigenvalue weighted by atomic mass is 32.2. The molecule has 1 aromatic carbocycles. The molecule has 4 aromatic rings. The number of ketones is 1. The van der Waals surface area contributed by atoms with Gasteiger partial charge in [0.25, 0.3) is 0 Å².